The minimum atomic E-state index is -0.377. The van der Waals surface area contributed by atoms with Gasteiger partial charge in [-0.15, -0.1) is 0 Å². The van der Waals surface area contributed by atoms with Crippen LogP contribution >= 0.6 is 15.9 Å². The van der Waals surface area contributed by atoms with Crippen molar-refractivity contribution in [2.75, 3.05) is 6.61 Å². The maximum absolute atomic E-state index is 13.0. The standard InChI is InChI=1S/C16H10BrFO3/c17-12-8-11(18)5-6-15(12)20-9-13(19)16-7-10-3-1-2-4-14(10)21-16/h1-8H,9H2. The summed E-state index contributed by atoms with van der Waals surface area (Å²) in [4.78, 5) is 12.1. The third kappa shape index (κ3) is 2.97. The van der Waals surface area contributed by atoms with E-state index in [4.69, 9.17) is 9.15 Å². The highest BCUT2D eigenvalue weighted by Crippen LogP contribution is 2.26. The molecule has 0 spiro atoms. The number of carbonyl (C=O) groups is 1. The molecule has 106 valence electrons. The van der Waals surface area contributed by atoms with Crippen LogP contribution in [0.2, 0.25) is 0 Å². The molecule has 0 aliphatic carbocycles. The Balaban J connectivity index is 1.74. The third-order valence-electron chi connectivity index (χ3n) is 2.95. The molecule has 0 atom stereocenters. The molecule has 3 nitrogen and oxygen atoms in total. The topological polar surface area (TPSA) is 39.4 Å². The summed E-state index contributed by atoms with van der Waals surface area (Å²) in [7, 11) is 0. The molecule has 0 aliphatic rings. The second-order valence-electron chi connectivity index (χ2n) is 4.44. The summed E-state index contributed by atoms with van der Waals surface area (Å²) >= 11 is 3.18. The highest BCUT2D eigenvalue weighted by Gasteiger charge is 2.13. The first-order chi connectivity index (χ1) is 10.1. The lowest BCUT2D eigenvalue weighted by atomic mass is 10.2. The molecule has 0 aliphatic heterocycles. The number of ketones is 1. The fourth-order valence-corrected chi connectivity index (χ4v) is 2.39. The summed E-state index contributed by atoms with van der Waals surface area (Å²) < 4.78 is 24.3. The molecule has 1 heterocycles. The number of fused-ring (bicyclic) bond motifs is 1. The SMILES string of the molecule is O=C(COc1ccc(F)cc1Br)c1cc2ccccc2o1. The van der Waals surface area contributed by atoms with Gasteiger partial charge in [0.1, 0.15) is 17.1 Å². The maximum atomic E-state index is 13.0. The molecular formula is C16H10BrFO3. The van der Waals surface area contributed by atoms with E-state index in [1.807, 2.05) is 18.2 Å². The zero-order valence-corrected chi connectivity index (χ0v) is 12.4. The van der Waals surface area contributed by atoms with Crippen molar-refractivity contribution >= 4 is 32.7 Å². The first kappa shape index (κ1) is 13.8. The minimum Gasteiger partial charge on any atom is -0.484 e. The molecule has 0 amide bonds. The summed E-state index contributed by atoms with van der Waals surface area (Å²) in [6.45, 7) is -0.177. The van der Waals surface area contributed by atoms with Crippen molar-refractivity contribution < 1.29 is 18.3 Å². The monoisotopic (exact) mass is 348 g/mol. The van der Waals surface area contributed by atoms with E-state index < -0.39 is 0 Å². The van der Waals surface area contributed by atoms with E-state index in [2.05, 4.69) is 15.9 Å². The molecule has 0 saturated carbocycles. The van der Waals surface area contributed by atoms with Gasteiger partial charge in [0.25, 0.3) is 0 Å². The van der Waals surface area contributed by atoms with Gasteiger partial charge in [0.05, 0.1) is 4.47 Å². The highest BCUT2D eigenvalue weighted by molar-refractivity contribution is 9.10. The van der Waals surface area contributed by atoms with Crippen molar-refractivity contribution in [3.05, 3.63) is 64.6 Å². The van der Waals surface area contributed by atoms with Crippen molar-refractivity contribution in [1.82, 2.24) is 0 Å². The van der Waals surface area contributed by atoms with Gasteiger partial charge in [-0.25, -0.2) is 4.39 Å². The van der Waals surface area contributed by atoms with Gasteiger partial charge in [0, 0.05) is 5.39 Å². The van der Waals surface area contributed by atoms with E-state index in [9.17, 15) is 9.18 Å². The Bertz CT molecular complexity index is 777. The number of benzene rings is 2. The van der Waals surface area contributed by atoms with Crippen LogP contribution in [0.4, 0.5) is 4.39 Å². The van der Waals surface area contributed by atoms with E-state index >= 15 is 0 Å². The maximum Gasteiger partial charge on any atom is 0.235 e. The number of furan rings is 1. The summed E-state index contributed by atoms with van der Waals surface area (Å²) in [5.41, 5.74) is 0.656. The average molecular weight is 349 g/mol. The van der Waals surface area contributed by atoms with Gasteiger partial charge in [0.2, 0.25) is 5.78 Å². The largest absolute Gasteiger partial charge is 0.484 e. The van der Waals surface area contributed by atoms with E-state index in [0.29, 0.717) is 15.8 Å². The van der Waals surface area contributed by atoms with Crippen LogP contribution in [0.1, 0.15) is 10.6 Å². The Morgan fingerprint density at radius 2 is 2.00 bits per heavy atom. The second kappa shape index (κ2) is 5.69. The summed E-state index contributed by atoms with van der Waals surface area (Å²) in [5.74, 6) is -0.00411. The Morgan fingerprint density at radius 1 is 1.19 bits per heavy atom. The molecule has 5 heteroatoms. The number of Topliss-reactive ketones (excluding diaryl/α,β-unsaturated/α-hetero) is 1. The number of para-hydroxylation sites is 1. The zero-order valence-electron chi connectivity index (χ0n) is 10.8. The molecule has 1 aromatic heterocycles. The van der Waals surface area contributed by atoms with Crippen LogP contribution in [0.25, 0.3) is 11.0 Å². The smallest absolute Gasteiger partial charge is 0.235 e. The summed E-state index contributed by atoms with van der Waals surface area (Å²) in [5, 5.41) is 0.865. The molecule has 3 aromatic rings. The molecule has 0 N–H and O–H groups in total. The van der Waals surface area contributed by atoms with Crippen LogP contribution in [0.3, 0.4) is 0 Å². The van der Waals surface area contributed by atoms with Gasteiger partial charge in [-0.05, 0) is 46.3 Å². The van der Waals surface area contributed by atoms with E-state index in [1.165, 1.54) is 18.2 Å². The van der Waals surface area contributed by atoms with Gasteiger partial charge >= 0.3 is 0 Å². The van der Waals surface area contributed by atoms with Crippen molar-refractivity contribution in [3.8, 4) is 5.75 Å². The molecular weight excluding hydrogens is 339 g/mol. The average Bonchev–Trinajstić information content (AvgIpc) is 2.90. The molecule has 2 aromatic carbocycles. The highest BCUT2D eigenvalue weighted by atomic mass is 79.9. The Hall–Kier alpha value is -2.14. The van der Waals surface area contributed by atoms with Crippen molar-refractivity contribution in [2.24, 2.45) is 0 Å². The quantitative estimate of drug-likeness (QED) is 0.647. The number of rotatable bonds is 4. The predicted molar refractivity (Wildman–Crippen MR) is 80.1 cm³/mol. The van der Waals surface area contributed by atoms with Crippen LogP contribution in [0, 0.1) is 5.82 Å². The van der Waals surface area contributed by atoms with Crippen LogP contribution in [-0.4, -0.2) is 12.4 Å². The van der Waals surface area contributed by atoms with Gasteiger partial charge < -0.3 is 9.15 Å². The molecule has 0 unspecified atom stereocenters. The summed E-state index contributed by atoms with van der Waals surface area (Å²) in [6, 6.07) is 13.1. The number of halogens is 2. The molecule has 0 saturated heterocycles. The van der Waals surface area contributed by atoms with Gasteiger partial charge in [-0.2, -0.15) is 0 Å². The normalized spacial score (nSPS) is 10.8. The van der Waals surface area contributed by atoms with Crippen molar-refractivity contribution in [3.63, 3.8) is 0 Å². The Morgan fingerprint density at radius 3 is 2.76 bits per heavy atom. The van der Waals surface area contributed by atoms with E-state index in [-0.39, 0.29) is 24.0 Å². The van der Waals surface area contributed by atoms with Crippen LogP contribution < -0.4 is 4.74 Å². The molecule has 0 fully saturated rings. The predicted octanol–water partition coefficient (Wildman–Crippen LogP) is 4.60. The van der Waals surface area contributed by atoms with Crippen molar-refractivity contribution in [1.29, 1.82) is 0 Å². The lowest BCUT2D eigenvalue weighted by Gasteiger charge is -2.06. The minimum absolute atomic E-state index is 0.177. The lowest BCUT2D eigenvalue weighted by Crippen LogP contribution is -2.11. The lowest BCUT2D eigenvalue weighted by molar-refractivity contribution is 0.0895. The number of carbonyl (C=O) groups excluding carboxylic acids is 1. The first-order valence-electron chi connectivity index (χ1n) is 6.23. The van der Waals surface area contributed by atoms with E-state index in [1.54, 1.807) is 12.1 Å². The van der Waals surface area contributed by atoms with Crippen LogP contribution in [0.15, 0.2) is 57.4 Å². The van der Waals surface area contributed by atoms with Gasteiger partial charge in [-0.1, -0.05) is 18.2 Å². The van der Waals surface area contributed by atoms with Gasteiger partial charge in [0.15, 0.2) is 12.4 Å². The Labute approximate surface area is 128 Å². The second-order valence-corrected chi connectivity index (χ2v) is 5.29. The summed E-state index contributed by atoms with van der Waals surface area (Å²) in [6.07, 6.45) is 0. The van der Waals surface area contributed by atoms with E-state index in [0.717, 1.165) is 5.39 Å². The van der Waals surface area contributed by atoms with Gasteiger partial charge in [-0.3, -0.25) is 4.79 Å². The number of hydrogen-bond donors (Lipinski definition) is 0. The molecule has 3 rings (SSSR count). The van der Waals surface area contributed by atoms with Crippen molar-refractivity contribution in [2.45, 2.75) is 0 Å². The molecule has 0 bridgehead atoms. The number of hydrogen-bond acceptors (Lipinski definition) is 3. The Kier molecular flexibility index (Phi) is 3.75. The molecule has 21 heavy (non-hydrogen) atoms. The zero-order chi connectivity index (χ0) is 14.8. The van der Waals surface area contributed by atoms with Crippen LogP contribution in [0.5, 0.6) is 5.75 Å². The fourth-order valence-electron chi connectivity index (χ4n) is 1.93. The number of ether oxygens (including phenoxy) is 1. The third-order valence-corrected chi connectivity index (χ3v) is 3.57. The first-order valence-corrected chi connectivity index (χ1v) is 7.02. The van der Waals surface area contributed by atoms with Crippen LogP contribution in [-0.2, 0) is 0 Å². The fraction of sp³-hybridized carbons (Fsp3) is 0.0625. The molecule has 0 radical (unpaired) electrons.